The third-order valence-electron chi connectivity index (χ3n) is 4.88. The van der Waals surface area contributed by atoms with Gasteiger partial charge in [0.15, 0.2) is 0 Å². The van der Waals surface area contributed by atoms with Gasteiger partial charge in [0.1, 0.15) is 23.9 Å². The Morgan fingerprint density at radius 3 is 2.82 bits per heavy atom. The highest BCUT2D eigenvalue weighted by Crippen LogP contribution is 2.31. The Bertz CT molecular complexity index is 1020. The molecule has 1 aliphatic heterocycles. The number of aromatic nitrogens is 2. The number of amides is 1. The molecule has 28 heavy (non-hydrogen) atoms. The van der Waals surface area contributed by atoms with Crippen molar-refractivity contribution in [3.8, 4) is 11.5 Å². The van der Waals surface area contributed by atoms with Gasteiger partial charge in [-0.1, -0.05) is 26.0 Å². The molecule has 0 fully saturated rings. The van der Waals surface area contributed by atoms with Crippen LogP contribution in [0.5, 0.6) is 11.5 Å². The van der Waals surface area contributed by atoms with Gasteiger partial charge < -0.3 is 19.8 Å². The summed E-state index contributed by atoms with van der Waals surface area (Å²) in [5.74, 6) is 2.22. The molecule has 0 radical (unpaired) electrons. The van der Waals surface area contributed by atoms with E-state index in [-0.39, 0.29) is 24.5 Å². The molecule has 6 heteroatoms. The van der Waals surface area contributed by atoms with Crippen LogP contribution in [0.1, 0.15) is 31.3 Å². The van der Waals surface area contributed by atoms with E-state index in [1.165, 1.54) is 0 Å². The van der Waals surface area contributed by atoms with Crippen molar-refractivity contribution < 1.29 is 14.3 Å². The minimum Gasteiger partial charge on any atom is -0.497 e. The van der Waals surface area contributed by atoms with Crippen LogP contribution in [-0.2, 0) is 4.79 Å². The largest absolute Gasteiger partial charge is 0.497 e. The molecular weight excluding hydrogens is 354 g/mol. The molecule has 2 heterocycles. The van der Waals surface area contributed by atoms with E-state index in [2.05, 4.69) is 29.1 Å². The van der Waals surface area contributed by atoms with Crippen LogP contribution in [0.15, 0.2) is 48.0 Å². The third-order valence-corrected chi connectivity index (χ3v) is 4.88. The lowest BCUT2D eigenvalue weighted by molar-refractivity contribution is -0.118. The molecule has 0 bridgehead atoms. The lowest BCUT2D eigenvalue weighted by Crippen LogP contribution is -2.35. The van der Waals surface area contributed by atoms with Gasteiger partial charge >= 0.3 is 0 Å². The monoisotopic (exact) mass is 377 g/mol. The molecule has 0 saturated carbocycles. The maximum atomic E-state index is 12.9. The summed E-state index contributed by atoms with van der Waals surface area (Å²) < 4.78 is 11.0. The Morgan fingerprint density at radius 1 is 1.25 bits per heavy atom. The van der Waals surface area contributed by atoms with Crippen molar-refractivity contribution in [1.82, 2.24) is 15.3 Å². The number of hydrogen-bond acceptors (Lipinski definition) is 4. The summed E-state index contributed by atoms with van der Waals surface area (Å²) in [6.07, 6.45) is 1.86. The molecular formula is C22H23N3O3. The number of rotatable bonds is 5. The standard InChI is InChI=1S/C22H23N3O3/c1-13(2)20(21-23-17-6-4-5-7-18(17)24-21)25-22(26)15-10-14-8-9-16(27-3)11-19(14)28-12-15/h4-11,13,20H,12H2,1-3H3,(H,23,24)(H,25,26)/t20-/m0/s1. The number of nitrogens with zero attached hydrogens (tertiary/aromatic N) is 1. The fourth-order valence-electron chi connectivity index (χ4n) is 3.31. The molecule has 6 nitrogen and oxygen atoms in total. The van der Waals surface area contributed by atoms with E-state index < -0.39 is 0 Å². The zero-order chi connectivity index (χ0) is 19.7. The maximum absolute atomic E-state index is 12.9. The van der Waals surface area contributed by atoms with E-state index >= 15 is 0 Å². The molecule has 0 spiro atoms. The zero-order valence-corrected chi connectivity index (χ0v) is 16.2. The summed E-state index contributed by atoms with van der Waals surface area (Å²) in [5, 5.41) is 3.11. The Hall–Kier alpha value is -3.28. The van der Waals surface area contributed by atoms with Gasteiger partial charge in [-0.05, 0) is 36.3 Å². The van der Waals surface area contributed by atoms with Gasteiger partial charge in [0.2, 0.25) is 0 Å². The van der Waals surface area contributed by atoms with Crippen molar-refractivity contribution in [3.63, 3.8) is 0 Å². The van der Waals surface area contributed by atoms with Crippen LogP contribution in [0.2, 0.25) is 0 Å². The fraction of sp³-hybridized carbons (Fsp3) is 0.273. The summed E-state index contributed by atoms with van der Waals surface area (Å²) in [5.41, 5.74) is 3.29. The molecule has 2 N–H and O–H groups in total. The second-order valence-corrected chi connectivity index (χ2v) is 7.20. The van der Waals surface area contributed by atoms with E-state index in [9.17, 15) is 4.79 Å². The van der Waals surface area contributed by atoms with Crippen LogP contribution in [0.4, 0.5) is 0 Å². The topological polar surface area (TPSA) is 76.2 Å². The molecule has 144 valence electrons. The van der Waals surface area contributed by atoms with Crippen molar-refractivity contribution in [1.29, 1.82) is 0 Å². The number of imidazole rings is 1. The van der Waals surface area contributed by atoms with E-state index in [1.807, 2.05) is 48.5 Å². The lowest BCUT2D eigenvalue weighted by atomic mass is 10.0. The van der Waals surface area contributed by atoms with E-state index in [0.29, 0.717) is 11.3 Å². The van der Waals surface area contributed by atoms with Gasteiger partial charge in [-0.3, -0.25) is 4.79 Å². The third kappa shape index (κ3) is 3.45. The van der Waals surface area contributed by atoms with Crippen molar-refractivity contribution in [2.45, 2.75) is 19.9 Å². The van der Waals surface area contributed by atoms with Crippen LogP contribution in [-0.4, -0.2) is 29.6 Å². The average molecular weight is 377 g/mol. The first kappa shape index (κ1) is 18.1. The smallest absolute Gasteiger partial charge is 0.251 e. The van der Waals surface area contributed by atoms with E-state index in [1.54, 1.807) is 7.11 Å². The number of methoxy groups -OCH3 is 1. The van der Waals surface area contributed by atoms with Crippen molar-refractivity contribution in [3.05, 3.63) is 59.4 Å². The summed E-state index contributed by atoms with van der Waals surface area (Å²) >= 11 is 0. The Labute approximate surface area is 163 Å². The van der Waals surface area contributed by atoms with Gasteiger partial charge in [0.25, 0.3) is 5.91 Å². The number of aromatic amines is 1. The quantitative estimate of drug-likeness (QED) is 0.708. The number of carbonyl (C=O) groups excluding carboxylic acids is 1. The molecule has 0 unspecified atom stereocenters. The van der Waals surface area contributed by atoms with Gasteiger partial charge in [-0.25, -0.2) is 4.98 Å². The molecule has 1 atom stereocenters. The highest BCUT2D eigenvalue weighted by molar-refractivity contribution is 5.99. The summed E-state index contributed by atoms with van der Waals surface area (Å²) in [4.78, 5) is 20.9. The van der Waals surface area contributed by atoms with Crippen LogP contribution in [0.3, 0.4) is 0 Å². The number of ether oxygens (including phenoxy) is 2. The van der Waals surface area contributed by atoms with Crippen molar-refractivity contribution in [2.75, 3.05) is 13.7 Å². The van der Waals surface area contributed by atoms with Crippen LogP contribution in [0.25, 0.3) is 17.1 Å². The number of para-hydroxylation sites is 2. The van der Waals surface area contributed by atoms with Gasteiger partial charge in [0.05, 0.1) is 29.8 Å². The molecule has 1 aliphatic rings. The minimum absolute atomic E-state index is 0.152. The number of nitrogens with one attached hydrogen (secondary N) is 2. The van der Waals surface area contributed by atoms with Crippen LogP contribution in [0, 0.1) is 5.92 Å². The molecule has 3 aromatic rings. The Balaban J connectivity index is 1.57. The first-order chi connectivity index (χ1) is 13.5. The number of hydrogen-bond donors (Lipinski definition) is 2. The molecule has 4 rings (SSSR count). The van der Waals surface area contributed by atoms with Crippen LogP contribution < -0.4 is 14.8 Å². The first-order valence-electron chi connectivity index (χ1n) is 9.32. The molecule has 1 amide bonds. The maximum Gasteiger partial charge on any atom is 0.251 e. The fourth-order valence-corrected chi connectivity index (χ4v) is 3.31. The number of carbonyl (C=O) groups is 1. The minimum atomic E-state index is -0.224. The summed E-state index contributed by atoms with van der Waals surface area (Å²) in [6, 6.07) is 13.2. The predicted octanol–water partition coefficient (Wildman–Crippen LogP) is 3.86. The number of fused-ring (bicyclic) bond motifs is 2. The number of H-pyrrole nitrogens is 1. The second-order valence-electron chi connectivity index (χ2n) is 7.20. The lowest BCUT2D eigenvalue weighted by Gasteiger charge is -2.23. The summed E-state index contributed by atoms with van der Waals surface area (Å²) in [7, 11) is 1.61. The zero-order valence-electron chi connectivity index (χ0n) is 16.2. The second kappa shape index (κ2) is 7.38. The highest BCUT2D eigenvalue weighted by atomic mass is 16.5. The van der Waals surface area contributed by atoms with Gasteiger partial charge in [0, 0.05) is 11.6 Å². The van der Waals surface area contributed by atoms with Crippen molar-refractivity contribution in [2.24, 2.45) is 5.92 Å². The van der Waals surface area contributed by atoms with Crippen molar-refractivity contribution >= 4 is 23.0 Å². The average Bonchev–Trinajstić information content (AvgIpc) is 3.14. The van der Waals surface area contributed by atoms with Crippen LogP contribution >= 0.6 is 0 Å². The highest BCUT2D eigenvalue weighted by Gasteiger charge is 2.25. The normalized spacial score (nSPS) is 14.2. The molecule has 0 saturated heterocycles. The SMILES string of the molecule is COc1ccc2c(c1)OCC(C(=O)N[C@H](c1nc3ccccc3[nH]1)C(C)C)=C2. The molecule has 2 aromatic carbocycles. The summed E-state index contributed by atoms with van der Waals surface area (Å²) in [6.45, 7) is 4.34. The Kier molecular flexibility index (Phi) is 4.77. The Morgan fingerprint density at radius 2 is 2.07 bits per heavy atom. The van der Waals surface area contributed by atoms with Gasteiger partial charge in [-0.2, -0.15) is 0 Å². The molecule has 0 aliphatic carbocycles. The van der Waals surface area contributed by atoms with E-state index in [4.69, 9.17) is 9.47 Å². The van der Waals surface area contributed by atoms with Gasteiger partial charge in [-0.15, -0.1) is 0 Å². The number of benzene rings is 2. The predicted molar refractivity (Wildman–Crippen MR) is 108 cm³/mol. The van der Waals surface area contributed by atoms with E-state index in [0.717, 1.165) is 28.2 Å². The molecule has 1 aromatic heterocycles. The first-order valence-corrected chi connectivity index (χ1v) is 9.32.